The molecule has 0 radical (unpaired) electrons. The van der Waals surface area contributed by atoms with Crippen LogP contribution < -0.4 is 14.9 Å². The summed E-state index contributed by atoms with van der Waals surface area (Å²) in [6.07, 6.45) is 4.75. The second-order valence-corrected chi connectivity index (χ2v) is 13.0. The Kier molecular flexibility index (Phi) is 8.65. The number of nitrogens with one attached hydrogen (secondary N) is 2. The maximum atomic E-state index is 14.3. The summed E-state index contributed by atoms with van der Waals surface area (Å²) in [6.45, 7) is 6.95. The molecule has 15 heteroatoms. The number of benzene rings is 1. The van der Waals surface area contributed by atoms with Crippen molar-refractivity contribution in [2.45, 2.75) is 24.7 Å². The quantitative estimate of drug-likeness (QED) is 0.200. The largest absolute Gasteiger partial charge is 0.378 e. The number of rotatable bonds is 9. The van der Waals surface area contributed by atoms with Crippen molar-refractivity contribution < 1.29 is 21.9 Å². The van der Waals surface area contributed by atoms with Crippen molar-refractivity contribution >= 4 is 44.6 Å². The number of hydrogen-bond acceptors (Lipinski definition) is 11. The summed E-state index contributed by atoms with van der Waals surface area (Å²) in [6, 6.07) is 11.6. The van der Waals surface area contributed by atoms with E-state index in [-0.39, 0.29) is 11.7 Å². The van der Waals surface area contributed by atoms with E-state index in [4.69, 9.17) is 14.7 Å². The molecule has 5 aromatic rings. The molecule has 0 saturated carbocycles. The van der Waals surface area contributed by atoms with E-state index in [1.165, 1.54) is 23.6 Å². The SMILES string of the molecule is CC(C)c1nc(-c2ccnc(NS(=O)(=O)c3c(F)cccc3F)c2)c(-c2ccnc(Nc3ccc(N4CCOCC4)nc3)n2)s1. The van der Waals surface area contributed by atoms with Gasteiger partial charge in [0.2, 0.25) is 5.95 Å². The van der Waals surface area contributed by atoms with E-state index in [2.05, 4.69) is 29.9 Å². The molecule has 0 atom stereocenters. The van der Waals surface area contributed by atoms with E-state index >= 15 is 0 Å². The lowest BCUT2D eigenvalue weighted by atomic mass is 10.1. The molecule has 1 fully saturated rings. The predicted molar refractivity (Wildman–Crippen MR) is 168 cm³/mol. The average molecular weight is 651 g/mol. The first-order valence-corrected chi connectivity index (χ1v) is 16.3. The maximum Gasteiger partial charge on any atom is 0.268 e. The second-order valence-electron chi connectivity index (χ2n) is 10.4. The van der Waals surface area contributed by atoms with Crippen LogP contribution in [0.4, 0.5) is 32.1 Å². The molecule has 6 rings (SSSR count). The highest BCUT2D eigenvalue weighted by molar-refractivity contribution is 7.92. The van der Waals surface area contributed by atoms with Gasteiger partial charge in [0, 0.05) is 37.0 Å². The number of hydrogen-bond donors (Lipinski definition) is 2. The van der Waals surface area contributed by atoms with Crippen LogP contribution in [0, 0.1) is 11.6 Å². The molecule has 4 aromatic heterocycles. The van der Waals surface area contributed by atoms with Crippen LogP contribution in [0.2, 0.25) is 0 Å². The number of ether oxygens (including phenoxy) is 1. The fourth-order valence-corrected chi connectivity index (χ4v) is 6.83. The zero-order valence-corrected chi connectivity index (χ0v) is 25.9. The minimum atomic E-state index is -4.61. The van der Waals surface area contributed by atoms with Crippen LogP contribution in [-0.2, 0) is 14.8 Å². The summed E-state index contributed by atoms with van der Waals surface area (Å²) in [5.74, 6) is -1.22. The minimum Gasteiger partial charge on any atom is -0.378 e. The van der Waals surface area contributed by atoms with Gasteiger partial charge in [0.1, 0.15) is 23.3 Å². The highest BCUT2D eigenvalue weighted by Gasteiger charge is 2.25. The number of pyridine rings is 2. The third kappa shape index (κ3) is 6.74. The van der Waals surface area contributed by atoms with Gasteiger partial charge in [0.25, 0.3) is 10.0 Å². The summed E-state index contributed by atoms with van der Waals surface area (Å²) < 4.78 is 61.9. The van der Waals surface area contributed by atoms with Crippen LogP contribution in [0.1, 0.15) is 24.8 Å². The fraction of sp³-hybridized carbons (Fsp3) is 0.233. The Morgan fingerprint density at radius 2 is 1.71 bits per heavy atom. The smallest absolute Gasteiger partial charge is 0.268 e. The van der Waals surface area contributed by atoms with E-state index in [1.807, 2.05) is 26.0 Å². The molecule has 0 spiro atoms. The number of nitrogens with zero attached hydrogens (tertiary/aromatic N) is 6. The zero-order chi connectivity index (χ0) is 31.6. The Hall–Kier alpha value is -4.60. The lowest BCUT2D eigenvalue weighted by Gasteiger charge is -2.27. The van der Waals surface area contributed by atoms with Gasteiger partial charge in [-0.15, -0.1) is 11.3 Å². The first kappa shape index (κ1) is 30.4. The van der Waals surface area contributed by atoms with Crippen LogP contribution in [0.3, 0.4) is 0 Å². The molecule has 1 aliphatic rings. The molecule has 1 aliphatic heterocycles. The van der Waals surface area contributed by atoms with Crippen molar-refractivity contribution in [3.05, 3.63) is 83.8 Å². The number of halogens is 2. The molecule has 1 saturated heterocycles. The molecule has 232 valence electrons. The van der Waals surface area contributed by atoms with Crippen molar-refractivity contribution in [3.8, 4) is 21.8 Å². The molecule has 5 heterocycles. The highest BCUT2D eigenvalue weighted by Crippen LogP contribution is 2.39. The van der Waals surface area contributed by atoms with Crippen LogP contribution in [0.15, 0.2) is 72.0 Å². The zero-order valence-electron chi connectivity index (χ0n) is 24.2. The molecular formula is C30H28F2N8O3S2. The molecule has 0 bridgehead atoms. The van der Waals surface area contributed by atoms with Gasteiger partial charge in [-0.3, -0.25) is 4.72 Å². The van der Waals surface area contributed by atoms with Crippen LogP contribution in [0.5, 0.6) is 0 Å². The molecular weight excluding hydrogens is 623 g/mol. The fourth-order valence-electron chi connectivity index (χ4n) is 4.63. The predicted octanol–water partition coefficient (Wildman–Crippen LogP) is 5.84. The third-order valence-corrected chi connectivity index (χ3v) is 9.61. The third-order valence-electron chi connectivity index (χ3n) is 6.82. The molecule has 11 nitrogen and oxygen atoms in total. The van der Waals surface area contributed by atoms with Gasteiger partial charge in [0.15, 0.2) is 4.90 Å². The Morgan fingerprint density at radius 1 is 0.956 bits per heavy atom. The molecule has 2 N–H and O–H groups in total. The first-order chi connectivity index (χ1) is 21.7. The summed E-state index contributed by atoms with van der Waals surface area (Å²) in [5, 5.41) is 4.04. The van der Waals surface area contributed by atoms with Gasteiger partial charge in [0.05, 0.1) is 46.4 Å². The maximum absolute atomic E-state index is 14.3. The van der Waals surface area contributed by atoms with Gasteiger partial charge in [-0.2, -0.15) is 0 Å². The van der Waals surface area contributed by atoms with Crippen LogP contribution >= 0.6 is 11.3 Å². The number of aromatic nitrogens is 5. The molecule has 0 amide bonds. The topological polar surface area (TPSA) is 135 Å². The Labute approximate surface area is 262 Å². The van der Waals surface area contributed by atoms with Crippen molar-refractivity contribution in [1.29, 1.82) is 0 Å². The van der Waals surface area contributed by atoms with Gasteiger partial charge < -0.3 is 15.0 Å². The summed E-state index contributed by atoms with van der Waals surface area (Å²) in [5.41, 5.74) is 2.39. The van der Waals surface area contributed by atoms with Crippen molar-refractivity contribution in [1.82, 2.24) is 24.9 Å². The Balaban J connectivity index is 1.29. The van der Waals surface area contributed by atoms with Crippen LogP contribution in [0.25, 0.3) is 21.8 Å². The Bertz CT molecular complexity index is 1910. The number of anilines is 4. The van der Waals surface area contributed by atoms with Gasteiger partial charge in [-0.1, -0.05) is 19.9 Å². The van der Waals surface area contributed by atoms with Gasteiger partial charge in [-0.05, 0) is 42.5 Å². The van der Waals surface area contributed by atoms with E-state index in [9.17, 15) is 17.2 Å². The van der Waals surface area contributed by atoms with E-state index in [0.29, 0.717) is 41.8 Å². The van der Waals surface area contributed by atoms with Crippen LogP contribution in [-0.4, -0.2) is 59.6 Å². The number of morpholine rings is 1. The first-order valence-electron chi connectivity index (χ1n) is 14.0. The molecule has 45 heavy (non-hydrogen) atoms. The average Bonchev–Trinajstić information content (AvgIpc) is 3.48. The summed E-state index contributed by atoms with van der Waals surface area (Å²) in [7, 11) is -4.61. The van der Waals surface area contributed by atoms with Gasteiger partial charge in [-0.25, -0.2) is 42.1 Å². The summed E-state index contributed by atoms with van der Waals surface area (Å²) in [4.78, 5) is 24.4. The lowest BCUT2D eigenvalue weighted by Crippen LogP contribution is -2.36. The monoisotopic (exact) mass is 650 g/mol. The second kappa shape index (κ2) is 12.8. The van der Waals surface area contributed by atoms with E-state index in [1.54, 1.807) is 24.5 Å². The Morgan fingerprint density at radius 3 is 2.42 bits per heavy atom. The number of thiazole rings is 1. The molecule has 1 aromatic carbocycles. The van der Waals surface area contributed by atoms with E-state index < -0.39 is 26.6 Å². The van der Waals surface area contributed by atoms with Crippen molar-refractivity contribution in [2.75, 3.05) is 41.2 Å². The highest BCUT2D eigenvalue weighted by atomic mass is 32.2. The molecule has 0 aliphatic carbocycles. The number of sulfonamides is 1. The van der Waals surface area contributed by atoms with Crippen molar-refractivity contribution in [2.24, 2.45) is 0 Å². The van der Waals surface area contributed by atoms with E-state index in [0.717, 1.165) is 47.0 Å². The summed E-state index contributed by atoms with van der Waals surface area (Å²) >= 11 is 1.45. The normalized spacial score (nSPS) is 13.7. The standard InChI is InChI=1S/C30H28F2N8O3S2/c1-18(2)29-38-26(19-8-10-33-24(16-19)39-45(41,42)28-21(31)4-3-5-22(28)32)27(44-29)23-9-11-34-30(37-23)36-20-6-7-25(35-17-20)40-12-14-43-15-13-40/h3-11,16-18H,12-15H2,1-2H3,(H,33,39)(H,34,36,37). The minimum absolute atomic E-state index is 0.0989. The molecule has 0 unspecified atom stereocenters. The lowest BCUT2D eigenvalue weighted by molar-refractivity contribution is 0.122. The van der Waals surface area contributed by atoms with Crippen molar-refractivity contribution in [3.63, 3.8) is 0 Å². The van der Waals surface area contributed by atoms with Gasteiger partial charge >= 0.3 is 0 Å².